The Morgan fingerprint density at radius 1 is 1.38 bits per heavy atom. The van der Waals surface area contributed by atoms with Crippen LogP contribution in [0.3, 0.4) is 0 Å². The highest BCUT2D eigenvalue weighted by Crippen LogP contribution is 2.30. The number of pyridine rings is 1. The lowest BCUT2D eigenvalue weighted by molar-refractivity contribution is -0.121. The lowest BCUT2D eigenvalue weighted by Crippen LogP contribution is -2.23. The molecule has 0 aliphatic carbocycles. The van der Waals surface area contributed by atoms with Gasteiger partial charge in [-0.15, -0.1) is 5.10 Å². The van der Waals surface area contributed by atoms with Crippen LogP contribution in [0.1, 0.15) is 49.7 Å². The largest absolute Gasteiger partial charge is 0.300 e. The van der Waals surface area contributed by atoms with Gasteiger partial charge in [0.2, 0.25) is 0 Å². The third-order valence-electron chi connectivity index (χ3n) is 3.75. The summed E-state index contributed by atoms with van der Waals surface area (Å²) in [6.45, 7) is 5.68. The van der Waals surface area contributed by atoms with Crippen LogP contribution < -0.4 is 0 Å². The number of rotatable bonds is 7. The summed E-state index contributed by atoms with van der Waals surface area (Å²) in [7, 11) is 0. The molecule has 0 aromatic carbocycles. The normalized spacial score (nSPS) is 13.9. The molecule has 0 saturated heterocycles. The van der Waals surface area contributed by atoms with Gasteiger partial charge in [-0.05, 0) is 48.7 Å². The first-order valence-electron chi connectivity index (χ1n) is 7.27. The predicted octanol–water partition coefficient (Wildman–Crippen LogP) is 2.23. The van der Waals surface area contributed by atoms with E-state index in [0.29, 0.717) is 12.2 Å². The number of aromatic amines is 1. The number of ketones is 1. The third-order valence-corrected chi connectivity index (χ3v) is 3.75. The van der Waals surface area contributed by atoms with Crippen LogP contribution in [0.25, 0.3) is 0 Å². The number of carbonyl (C=O) groups is 1. The molecular formula is C15H21N5O. The molecule has 2 heterocycles. The van der Waals surface area contributed by atoms with Crippen molar-refractivity contribution >= 4 is 5.78 Å². The fraction of sp³-hybridized carbons (Fsp3) is 0.533. The standard InChI is InChI=1S/C15H21N5O/c1-4-5-13(11(3)21)14(15-17-19-20-18-15)8-12-7-6-10(2)16-9-12/h6-7,9,13-14H,4-5,8H2,1-3H3,(H,17,18,19,20)/t13-,14+/m1/s1. The van der Waals surface area contributed by atoms with Crippen molar-refractivity contribution in [2.45, 2.75) is 46.0 Å². The molecule has 0 bridgehead atoms. The Bertz CT molecular complexity index is 564. The number of Topliss-reactive ketones (excluding diaryl/α,β-unsaturated/α-hetero) is 1. The molecular weight excluding hydrogens is 266 g/mol. The number of nitrogens with zero attached hydrogens (tertiary/aromatic N) is 4. The Balaban J connectivity index is 2.27. The Morgan fingerprint density at radius 3 is 2.71 bits per heavy atom. The van der Waals surface area contributed by atoms with Crippen LogP contribution in [0.4, 0.5) is 0 Å². The zero-order valence-electron chi connectivity index (χ0n) is 12.7. The number of carbonyl (C=O) groups excluding carboxylic acids is 1. The zero-order valence-corrected chi connectivity index (χ0v) is 12.7. The van der Waals surface area contributed by atoms with Gasteiger partial charge in [-0.2, -0.15) is 0 Å². The summed E-state index contributed by atoms with van der Waals surface area (Å²) in [5, 5.41) is 14.2. The van der Waals surface area contributed by atoms with Gasteiger partial charge in [0.15, 0.2) is 5.82 Å². The van der Waals surface area contributed by atoms with Gasteiger partial charge in [0.05, 0.1) is 0 Å². The van der Waals surface area contributed by atoms with Crippen molar-refractivity contribution in [3.05, 3.63) is 35.4 Å². The minimum atomic E-state index is -0.0777. The maximum atomic E-state index is 12.0. The number of hydrogen-bond acceptors (Lipinski definition) is 5. The third kappa shape index (κ3) is 3.93. The molecule has 2 rings (SSSR count). The van der Waals surface area contributed by atoms with Gasteiger partial charge < -0.3 is 0 Å². The van der Waals surface area contributed by atoms with Gasteiger partial charge >= 0.3 is 0 Å². The second-order valence-electron chi connectivity index (χ2n) is 5.41. The Kier molecular flexibility index (Phi) is 5.14. The number of nitrogens with one attached hydrogen (secondary N) is 1. The van der Waals surface area contributed by atoms with Crippen LogP contribution >= 0.6 is 0 Å². The van der Waals surface area contributed by atoms with E-state index in [9.17, 15) is 4.79 Å². The predicted molar refractivity (Wildman–Crippen MR) is 78.7 cm³/mol. The van der Waals surface area contributed by atoms with Crippen molar-refractivity contribution in [2.24, 2.45) is 5.92 Å². The van der Waals surface area contributed by atoms with E-state index in [1.54, 1.807) is 6.92 Å². The highest BCUT2D eigenvalue weighted by Gasteiger charge is 2.29. The fourth-order valence-electron chi connectivity index (χ4n) is 2.62. The first-order chi connectivity index (χ1) is 10.1. The molecule has 112 valence electrons. The van der Waals surface area contributed by atoms with Crippen LogP contribution in [0.5, 0.6) is 0 Å². The molecule has 6 nitrogen and oxygen atoms in total. The summed E-state index contributed by atoms with van der Waals surface area (Å²) in [5.41, 5.74) is 2.07. The Labute approximate surface area is 124 Å². The number of H-pyrrole nitrogens is 1. The number of tetrazole rings is 1. The molecule has 2 aromatic rings. The van der Waals surface area contributed by atoms with Gasteiger partial charge in [-0.3, -0.25) is 9.78 Å². The van der Waals surface area contributed by atoms with Crippen molar-refractivity contribution in [3.8, 4) is 0 Å². The molecule has 21 heavy (non-hydrogen) atoms. The minimum absolute atomic E-state index is 0.0399. The van der Waals surface area contributed by atoms with E-state index >= 15 is 0 Å². The van der Waals surface area contributed by atoms with Gasteiger partial charge in [-0.25, -0.2) is 5.10 Å². The average molecular weight is 287 g/mol. The van der Waals surface area contributed by atoms with E-state index in [-0.39, 0.29) is 17.6 Å². The molecule has 1 N–H and O–H groups in total. The highest BCUT2D eigenvalue weighted by molar-refractivity contribution is 5.79. The Hall–Kier alpha value is -2.11. The molecule has 0 aliphatic heterocycles. The molecule has 6 heteroatoms. The number of aryl methyl sites for hydroxylation is 1. The van der Waals surface area contributed by atoms with E-state index in [1.807, 2.05) is 25.3 Å². The first-order valence-corrected chi connectivity index (χ1v) is 7.27. The lowest BCUT2D eigenvalue weighted by atomic mass is 9.81. The van der Waals surface area contributed by atoms with Gasteiger partial charge in [0.1, 0.15) is 5.78 Å². The van der Waals surface area contributed by atoms with Crippen molar-refractivity contribution in [2.75, 3.05) is 0 Å². The zero-order chi connectivity index (χ0) is 15.2. The molecule has 0 radical (unpaired) electrons. The van der Waals surface area contributed by atoms with Crippen LogP contribution in [-0.4, -0.2) is 31.4 Å². The summed E-state index contributed by atoms with van der Waals surface area (Å²) in [4.78, 5) is 16.3. The molecule has 0 spiro atoms. The molecule has 0 unspecified atom stereocenters. The monoisotopic (exact) mass is 287 g/mol. The van der Waals surface area contributed by atoms with Gasteiger partial charge in [0, 0.05) is 23.7 Å². The smallest absolute Gasteiger partial charge is 0.152 e. The second-order valence-corrected chi connectivity index (χ2v) is 5.41. The lowest BCUT2D eigenvalue weighted by Gasteiger charge is -2.22. The first kappa shape index (κ1) is 15.3. The maximum absolute atomic E-state index is 12.0. The van der Waals surface area contributed by atoms with Crippen LogP contribution in [0.2, 0.25) is 0 Å². The second kappa shape index (κ2) is 7.06. The molecule has 2 atom stereocenters. The quantitative estimate of drug-likeness (QED) is 0.844. The topological polar surface area (TPSA) is 84.4 Å². The fourth-order valence-corrected chi connectivity index (χ4v) is 2.62. The van der Waals surface area contributed by atoms with Crippen LogP contribution in [0, 0.1) is 12.8 Å². The van der Waals surface area contributed by atoms with E-state index in [0.717, 1.165) is 24.1 Å². The summed E-state index contributed by atoms with van der Waals surface area (Å²) >= 11 is 0. The molecule has 0 fully saturated rings. The highest BCUT2D eigenvalue weighted by atomic mass is 16.1. The summed E-state index contributed by atoms with van der Waals surface area (Å²) < 4.78 is 0. The van der Waals surface area contributed by atoms with Crippen LogP contribution in [-0.2, 0) is 11.2 Å². The van der Waals surface area contributed by atoms with Crippen molar-refractivity contribution in [1.82, 2.24) is 25.6 Å². The van der Waals surface area contributed by atoms with Gasteiger partial charge in [0.25, 0.3) is 0 Å². The summed E-state index contributed by atoms with van der Waals surface area (Å²) in [6.07, 6.45) is 4.35. The number of aromatic nitrogens is 5. The van der Waals surface area contributed by atoms with Crippen molar-refractivity contribution in [1.29, 1.82) is 0 Å². The molecule has 2 aromatic heterocycles. The molecule has 0 aliphatic rings. The van der Waals surface area contributed by atoms with Gasteiger partial charge in [-0.1, -0.05) is 19.4 Å². The van der Waals surface area contributed by atoms with E-state index in [1.165, 1.54) is 0 Å². The average Bonchev–Trinajstić information content (AvgIpc) is 2.98. The van der Waals surface area contributed by atoms with Crippen LogP contribution in [0.15, 0.2) is 18.3 Å². The van der Waals surface area contributed by atoms with Crippen molar-refractivity contribution < 1.29 is 4.79 Å². The number of hydrogen-bond donors (Lipinski definition) is 1. The Morgan fingerprint density at radius 2 is 2.19 bits per heavy atom. The minimum Gasteiger partial charge on any atom is -0.300 e. The maximum Gasteiger partial charge on any atom is 0.152 e. The van der Waals surface area contributed by atoms with E-state index in [2.05, 4.69) is 32.5 Å². The van der Waals surface area contributed by atoms with E-state index < -0.39 is 0 Å². The molecule has 0 saturated carbocycles. The summed E-state index contributed by atoms with van der Waals surface area (Å²) in [5.74, 6) is 0.732. The SMILES string of the molecule is CCC[C@H](C(C)=O)[C@H](Cc1ccc(C)nc1)c1nnn[nH]1. The summed E-state index contributed by atoms with van der Waals surface area (Å²) in [6, 6.07) is 4.02. The van der Waals surface area contributed by atoms with Crippen molar-refractivity contribution in [3.63, 3.8) is 0 Å². The van der Waals surface area contributed by atoms with E-state index in [4.69, 9.17) is 0 Å². The molecule has 0 amide bonds.